The van der Waals surface area contributed by atoms with Gasteiger partial charge in [0.1, 0.15) is 10.6 Å². The highest BCUT2D eigenvalue weighted by molar-refractivity contribution is 7.18. The molecule has 4 nitrogen and oxygen atoms in total. The molecule has 2 aromatic rings. The third kappa shape index (κ3) is 2.43. The van der Waals surface area contributed by atoms with Gasteiger partial charge in [-0.25, -0.2) is 9.97 Å². The van der Waals surface area contributed by atoms with Crippen molar-refractivity contribution in [2.45, 2.75) is 33.2 Å². The van der Waals surface area contributed by atoms with E-state index in [1.54, 1.807) is 11.3 Å². The van der Waals surface area contributed by atoms with E-state index in [9.17, 15) is 5.11 Å². The lowest BCUT2D eigenvalue weighted by molar-refractivity contribution is 0.271. The van der Waals surface area contributed by atoms with Gasteiger partial charge in [0.2, 0.25) is 5.28 Å². The molecule has 98 valence electrons. The summed E-state index contributed by atoms with van der Waals surface area (Å²) in [6.07, 6.45) is 0.821. The highest BCUT2D eigenvalue weighted by atomic mass is 35.5. The molecule has 0 aliphatic carbocycles. The molecule has 6 heteroatoms. The smallest absolute Gasteiger partial charge is 0.225 e. The number of nitrogens with one attached hydrogen (secondary N) is 1. The second-order valence-corrected chi connectivity index (χ2v) is 5.78. The van der Waals surface area contributed by atoms with Gasteiger partial charge in [0.15, 0.2) is 0 Å². The quantitative estimate of drug-likeness (QED) is 0.847. The Kier molecular flexibility index (Phi) is 4.04. The highest BCUT2D eigenvalue weighted by Gasteiger charge is 2.15. The number of hydrogen-bond acceptors (Lipinski definition) is 5. The van der Waals surface area contributed by atoms with Crippen LogP contribution in [0.4, 0.5) is 5.82 Å². The van der Waals surface area contributed by atoms with E-state index in [0.717, 1.165) is 16.6 Å². The molecule has 0 bridgehead atoms. The Labute approximate surface area is 115 Å². The van der Waals surface area contributed by atoms with Gasteiger partial charge in [-0.1, -0.05) is 6.92 Å². The summed E-state index contributed by atoms with van der Waals surface area (Å²) in [7, 11) is 0. The molecule has 0 fully saturated rings. The second-order valence-electron chi connectivity index (χ2n) is 4.24. The molecule has 2 heterocycles. The Morgan fingerprint density at radius 2 is 2.11 bits per heavy atom. The molecule has 2 N–H and O–H groups in total. The zero-order chi connectivity index (χ0) is 13.3. The second kappa shape index (κ2) is 5.38. The first-order valence-corrected chi connectivity index (χ1v) is 7.06. The number of rotatable bonds is 4. The SMILES string of the molecule is CCC(CO)Nc1nc(Cl)nc2sc(C)c(C)c12. The molecule has 0 aliphatic heterocycles. The fourth-order valence-electron chi connectivity index (χ4n) is 1.80. The molecule has 18 heavy (non-hydrogen) atoms. The van der Waals surface area contributed by atoms with Gasteiger partial charge in [-0.15, -0.1) is 11.3 Å². The first-order chi connectivity index (χ1) is 8.56. The number of nitrogens with zero attached hydrogens (tertiary/aromatic N) is 2. The molecule has 1 atom stereocenters. The summed E-state index contributed by atoms with van der Waals surface area (Å²) >= 11 is 7.55. The third-order valence-electron chi connectivity index (χ3n) is 3.06. The molecule has 0 saturated carbocycles. The van der Waals surface area contributed by atoms with Crippen LogP contribution in [-0.4, -0.2) is 27.7 Å². The minimum absolute atomic E-state index is 0.0150. The van der Waals surface area contributed by atoms with Crippen LogP contribution >= 0.6 is 22.9 Å². The number of thiophene rings is 1. The van der Waals surface area contributed by atoms with Crippen molar-refractivity contribution >= 4 is 39.0 Å². The van der Waals surface area contributed by atoms with Crippen molar-refractivity contribution < 1.29 is 5.11 Å². The molecular formula is C12H16ClN3OS. The van der Waals surface area contributed by atoms with E-state index in [2.05, 4.69) is 29.1 Å². The number of aliphatic hydroxyl groups is 1. The molecule has 0 radical (unpaired) electrons. The maximum Gasteiger partial charge on any atom is 0.225 e. The largest absolute Gasteiger partial charge is 0.394 e. The van der Waals surface area contributed by atoms with Crippen LogP contribution in [0.1, 0.15) is 23.8 Å². The topological polar surface area (TPSA) is 58.0 Å². The van der Waals surface area contributed by atoms with Crippen molar-refractivity contribution in [2.75, 3.05) is 11.9 Å². The predicted octanol–water partition coefficient (Wildman–Crippen LogP) is 3.14. The number of aliphatic hydroxyl groups excluding tert-OH is 1. The Balaban J connectivity index is 2.54. The van der Waals surface area contributed by atoms with Gasteiger partial charge in [0, 0.05) is 4.88 Å². The summed E-state index contributed by atoms with van der Waals surface area (Å²) in [5.41, 5.74) is 1.17. The van der Waals surface area contributed by atoms with Crippen LogP contribution < -0.4 is 5.32 Å². The Hall–Kier alpha value is -0.910. The maximum atomic E-state index is 9.27. The molecule has 0 saturated heterocycles. The average molecular weight is 286 g/mol. The van der Waals surface area contributed by atoms with Crippen molar-refractivity contribution in [1.29, 1.82) is 0 Å². The number of halogens is 1. The van der Waals surface area contributed by atoms with Gasteiger partial charge >= 0.3 is 0 Å². The molecule has 0 aliphatic rings. The zero-order valence-electron chi connectivity index (χ0n) is 10.6. The number of anilines is 1. The van der Waals surface area contributed by atoms with Crippen LogP contribution in [0.3, 0.4) is 0 Å². The van der Waals surface area contributed by atoms with Gasteiger partial charge in [-0.2, -0.15) is 0 Å². The zero-order valence-corrected chi connectivity index (χ0v) is 12.2. The lowest BCUT2D eigenvalue weighted by Crippen LogP contribution is -2.23. The van der Waals surface area contributed by atoms with Crippen LogP contribution in [-0.2, 0) is 0 Å². The lowest BCUT2D eigenvalue weighted by atomic mass is 10.2. The van der Waals surface area contributed by atoms with E-state index in [0.29, 0.717) is 5.82 Å². The van der Waals surface area contributed by atoms with Crippen molar-refractivity contribution in [2.24, 2.45) is 0 Å². The van der Waals surface area contributed by atoms with Gasteiger partial charge in [-0.05, 0) is 37.4 Å². The van der Waals surface area contributed by atoms with Gasteiger partial charge in [-0.3, -0.25) is 0 Å². The van der Waals surface area contributed by atoms with E-state index >= 15 is 0 Å². The number of aromatic nitrogens is 2. The normalized spacial score (nSPS) is 12.9. The van der Waals surface area contributed by atoms with Crippen LogP contribution in [0.25, 0.3) is 10.2 Å². The van der Waals surface area contributed by atoms with Crippen LogP contribution in [0.5, 0.6) is 0 Å². The van der Waals surface area contributed by atoms with Gasteiger partial charge < -0.3 is 10.4 Å². The molecule has 2 aromatic heterocycles. The summed E-state index contributed by atoms with van der Waals surface area (Å²) in [4.78, 5) is 10.6. The Morgan fingerprint density at radius 1 is 1.39 bits per heavy atom. The monoisotopic (exact) mass is 285 g/mol. The summed E-state index contributed by atoms with van der Waals surface area (Å²) in [6, 6.07) is -0.0150. The minimum Gasteiger partial charge on any atom is -0.394 e. The molecule has 0 spiro atoms. The molecule has 1 unspecified atom stereocenters. The van der Waals surface area contributed by atoms with Crippen molar-refractivity contribution in [1.82, 2.24) is 9.97 Å². The highest BCUT2D eigenvalue weighted by Crippen LogP contribution is 2.34. The predicted molar refractivity (Wildman–Crippen MR) is 76.7 cm³/mol. The standard InChI is InChI=1S/C12H16ClN3OS/c1-4-8(5-17)14-10-9-6(2)7(3)18-11(9)16-12(13)15-10/h8,17H,4-5H2,1-3H3,(H,14,15,16). The summed E-state index contributed by atoms with van der Waals surface area (Å²) < 4.78 is 0. The van der Waals surface area contributed by atoms with Crippen LogP contribution in [0.15, 0.2) is 0 Å². The van der Waals surface area contributed by atoms with Crippen LogP contribution in [0.2, 0.25) is 5.28 Å². The average Bonchev–Trinajstić information content (AvgIpc) is 2.61. The minimum atomic E-state index is -0.0150. The fourth-order valence-corrected chi connectivity index (χ4v) is 3.05. The van der Waals surface area contributed by atoms with E-state index < -0.39 is 0 Å². The van der Waals surface area contributed by atoms with Crippen molar-refractivity contribution in [3.63, 3.8) is 0 Å². The molecule has 0 amide bonds. The maximum absolute atomic E-state index is 9.27. The number of aryl methyl sites for hydroxylation is 2. The van der Waals surface area contributed by atoms with E-state index in [1.165, 1.54) is 10.4 Å². The van der Waals surface area contributed by atoms with Crippen molar-refractivity contribution in [3.05, 3.63) is 15.7 Å². The van der Waals surface area contributed by atoms with E-state index in [1.807, 2.05) is 6.92 Å². The fraction of sp³-hybridized carbons (Fsp3) is 0.500. The van der Waals surface area contributed by atoms with Crippen LogP contribution in [0, 0.1) is 13.8 Å². The number of hydrogen-bond donors (Lipinski definition) is 2. The first-order valence-electron chi connectivity index (χ1n) is 5.87. The van der Waals surface area contributed by atoms with Crippen molar-refractivity contribution in [3.8, 4) is 0 Å². The van der Waals surface area contributed by atoms with Gasteiger partial charge in [0.05, 0.1) is 18.0 Å². The molecule has 0 aromatic carbocycles. The third-order valence-corrected chi connectivity index (χ3v) is 4.33. The lowest BCUT2D eigenvalue weighted by Gasteiger charge is -2.15. The molecule has 2 rings (SSSR count). The summed E-state index contributed by atoms with van der Waals surface area (Å²) in [6.45, 7) is 6.20. The van der Waals surface area contributed by atoms with E-state index in [4.69, 9.17) is 11.6 Å². The number of fused-ring (bicyclic) bond motifs is 1. The van der Waals surface area contributed by atoms with E-state index in [-0.39, 0.29) is 17.9 Å². The molecular weight excluding hydrogens is 270 g/mol. The van der Waals surface area contributed by atoms with Gasteiger partial charge in [0.25, 0.3) is 0 Å². The summed E-state index contributed by atoms with van der Waals surface area (Å²) in [5.74, 6) is 0.716. The summed E-state index contributed by atoms with van der Waals surface area (Å²) in [5, 5.41) is 13.7. The first kappa shape index (κ1) is 13.5. The Bertz CT molecular complexity index is 566. The Morgan fingerprint density at radius 3 is 2.72 bits per heavy atom.